The number of hydrogen-bond acceptors (Lipinski definition) is 5. The van der Waals surface area contributed by atoms with Crippen LogP contribution in [0, 0.1) is 0 Å². The zero-order chi connectivity index (χ0) is 14.8. The van der Waals surface area contributed by atoms with E-state index in [1.807, 2.05) is 7.05 Å². The maximum absolute atomic E-state index is 11.8. The van der Waals surface area contributed by atoms with Gasteiger partial charge in [0.25, 0.3) is 0 Å². The summed E-state index contributed by atoms with van der Waals surface area (Å²) in [7, 11) is 1.82. The van der Waals surface area contributed by atoms with Crippen LogP contribution in [-0.4, -0.2) is 42.1 Å². The number of nitrogens with zero attached hydrogens (tertiary/aromatic N) is 2. The first kappa shape index (κ1) is 16.7. The molecular formula is C14H25N3O3. The molecule has 0 aliphatic carbocycles. The average molecular weight is 283 g/mol. The summed E-state index contributed by atoms with van der Waals surface area (Å²) in [5.41, 5.74) is 1.35. The summed E-state index contributed by atoms with van der Waals surface area (Å²) >= 11 is 0. The van der Waals surface area contributed by atoms with Gasteiger partial charge in [-0.15, -0.1) is 0 Å². The molecule has 0 saturated heterocycles. The van der Waals surface area contributed by atoms with Crippen molar-refractivity contribution in [1.82, 2.24) is 15.1 Å². The van der Waals surface area contributed by atoms with Gasteiger partial charge in [0.05, 0.1) is 25.1 Å². The van der Waals surface area contributed by atoms with Crippen molar-refractivity contribution in [2.24, 2.45) is 7.05 Å². The number of hydrogen-bond donors (Lipinski definition) is 1. The molecule has 1 heterocycles. The van der Waals surface area contributed by atoms with E-state index in [4.69, 9.17) is 9.47 Å². The summed E-state index contributed by atoms with van der Waals surface area (Å²) in [6.45, 7) is 7.09. The highest BCUT2D eigenvalue weighted by Gasteiger charge is 2.16. The molecule has 1 N–H and O–H groups in total. The normalized spacial score (nSPS) is 10.8. The molecule has 0 amide bonds. The molecule has 1 aromatic heterocycles. The summed E-state index contributed by atoms with van der Waals surface area (Å²) in [6, 6.07) is 0. The van der Waals surface area contributed by atoms with Crippen molar-refractivity contribution in [3.63, 3.8) is 0 Å². The number of unbranched alkanes of at least 4 members (excludes halogenated alkanes) is 1. The minimum atomic E-state index is -0.323. The van der Waals surface area contributed by atoms with Crippen LogP contribution in [0.4, 0.5) is 0 Å². The Labute approximate surface area is 120 Å². The standard InChI is InChI=1S/C14H25N3O3/c1-4-6-8-19-9-7-15-11-13-12(10-16-17(13)3)14(18)20-5-2/h10,15H,4-9,11H2,1-3H3. The number of rotatable bonds is 10. The summed E-state index contributed by atoms with van der Waals surface area (Å²) in [5, 5.41) is 7.35. The smallest absolute Gasteiger partial charge is 0.341 e. The summed E-state index contributed by atoms with van der Waals surface area (Å²) in [4.78, 5) is 11.8. The lowest BCUT2D eigenvalue weighted by molar-refractivity contribution is 0.0524. The van der Waals surface area contributed by atoms with Crippen molar-refractivity contribution in [1.29, 1.82) is 0 Å². The van der Waals surface area contributed by atoms with Crippen molar-refractivity contribution in [3.8, 4) is 0 Å². The van der Waals surface area contributed by atoms with Gasteiger partial charge in [0, 0.05) is 26.7 Å². The predicted octanol–water partition coefficient (Wildman–Crippen LogP) is 1.50. The monoisotopic (exact) mass is 283 g/mol. The number of aryl methyl sites for hydroxylation is 1. The van der Waals surface area contributed by atoms with E-state index in [9.17, 15) is 4.79 Å². The van der Waals surface area contributed by atoms with Gasteiger partial charge in [-0.3, -0.25) is 4.68 Å². The quantitative estimate of drug-likeness (QED) is 0.521. The first-order valence-electron chi connectivity index (χ1n) is 7.17. The minimum absolute atomic E-state index is 0.323. The van der Waals surface area contributed by atoms with Crippen LogP contribution in [0.3, 0.4) is 0 Å². The van der Waals surface area contributed by atoms with Gasteiger partial charge in [-0.1, -0.05) is 13.3 Å². The van der Waals surface area contributed by atoms with E-state index in [1.165, 1.54) is 0 Å². The van der Waals surface area contributed by atoms with Gasteiger partial charge in [0.2, 0.25) is 0 Å². The zero-order valence-corrected chi connectivity index (χ0v) is 12.6. The van der Waals surface area contributed by atoms with Gasteiger partial charge in [0.1, 0.15) is 5.56 Å². The second-order valence-corrected chi connectivity index (χ2v) is 4.49. The summed E-state index contributed by atoms with van der Waals surface area (Å²) in [5.74, 6) is -0.323. The number of carbonyl (C=O) groups is 1. The zero-order valence-electron chi connectivity index (χ0n) is 12.6. The molecule has 0 unspecified atom stereocenters. The lowest BCUT2D eigenvalue weighted by atomic mass is 10.2. The van der Waals surface area contributed by atoms with E-state index in [-0.39, 0.29) is 5.97 Å². The van der Waals surface area contributed by atoms with Crippen molar-refractivity contribution in [2.75, 3.05) is 26.4 Å². The van der Waals surface area contributed by atoms with E-state index in [1.54, 1.807) is 17.8 Å². The Balaban J connectivity index is 2.36. The number of nitrogens with one attached hydrogen (secondary N) is 1. The summed E-state index contributed by atoms with van der Waals surface area (Å²) in [6.07, 6.45) is 3.78. The van der Waals surface area contributed by atoms with Gasteiger partial charge in [0.15, 0.2) is 0 Å². The number of ether oxygens (including phenoxy) is 2. The average Bonchev–Trinajstić information content (AvgIpc) is 2.79. The van der Waals surface area contributed by atoms with Crippen LogP contribution < -0.4 is 5.32 Å². The number of carbonyl (C=O) groups excluding carboxylic acids is 1. The molecule has 0 aliphatic rings. The first-order chi connectivity index (χ1) is 9.70. The van der Waals surface area contributed by atoms with E-state index in [0.717, 1.165) is 31.7 Å². The highest BCUT2D eigenvalue weighted by atomic mass is 16.5. The van der Waals surface area contributed by atoms with Crippen molar-refractivity contribution in [3.05, 3.63) is 17.5 Å². The van der Waals surface area contributed by atoms with Crippen LogP contribution in [0.2, 0.25) is 0 Å². The number of esters is 1. The fourth-order valence-electron chi connectivity index (χ4n) is 1.75. The molecule has 0 bridgehead atoms. The molecule has 114 valence electrons. The highest BCUT2D eigenvalue weighted by molar-refractivity contribution is 5.90. The fraction of sp³-hybridized carbons (Fsp3) is 0.714. The second kappa shape index (κ2) is 9.50. The Morgan fingerprint density at radius 3 is 2.90 bits per heavy atom. The highest BCUT2D eigenvalue weighted by Crippen LogP contribution is 2.09. The van der Waals surface area contributed by atoms with Crippen LogP contribution in [0.1, 0.15) is 42.7 Å². The van der Waals surface area contributed by atoms with E-state index in [2.05, 4.69) is 17.3 Å². The molecule has 0 atom stereocenters. The molecule has 0 aliphatic heterocycles. The van der Waals surface area contributed by atoms with E-state index < -0.39 is 0 Å². The third-order valence-corrected chi connectivity index (χ3v) is 2.91. The summed E-state index contributed by atoms with van der Waals surface area (Å²) < 4.78 is 12.2. The Morgan fingerprint density at radius 1 is 1.40 bits per heavy atom. The largest absolute Gasteiger partial charge is 0.462 e. The third-order valence-electron chi connectivity index (χ3n) is 2.91. The predicted molar refractivity (Wildman–Crippen MR) is 76.6 cm³/mol. The van der Waals surface area contributed by atoms with E-state index >= 15 is 0 Å². The van der Waals surface area contributed by atoms with Crippen molar-refractivity contribution >= 4 is 5.97 Å². The maximum Gasteiger partial charge on any atom is 0.341 e. The molecule has 20 heavy (non-hydrogen) atoms. The molecule has 0 radical (unpaired) electrons. The van der Waals surface area contributed by atoms with Gasteiger partial charge in [-0.05, 0) is 13.3 Å². The molecular weight excluding hydrogens is 258 g/mol. The fourth-order valence-corrected chi connectivity index (χ4v) is 1.75. The lowest BCUT2D eigenvalue weighted by Crippen LogP contribution is -2.22. The Hall–Kier alpha value is -1.40. The Morgan fingerprint density at radius 2 is 2.20 bits per heavy atom. The minimum Gasteiger partial charge on any atom is -0.462 e. The first-order valence-corrected chi connectivity index (χ1v) is 7.17. The molecule has 6 nitrogen and oxygen atoms in total. The van der Waals surface area contributed by atoms with Gasteiger partial charge < -0.3 is 14.8 Å². The molecule has 1 aromatic rings. The van der Waals surface area contributed by atoms with E-state index in [0.29, 0.717) is 25.3 Å². The molecule has 0 aromatic carbocycles. The maximum atomic E-state index is 11.8. The Bertz CT molecular complexity index is 404. The van der Waals surface area contributed by atoms with Gasteiger partial charge in [-0.25, -0.2) is 4.79 Å². The SMILES string of the molecule is CCCCOCCNCc1c(C(=O)OCC)cnn1C. The number of aromatic nitrogens is 2. The van der Waals surface area contributed by atoms with Crippen LogP contribution in [0.15, 0.2) is 6.20 Å². The van der Waals surface area contributed by atoms with Crippen molar-refractivity contribution in [2.45, 2.75) is 33.2 Å². The topological polar surface area (TPSA) is 65.4 Å². The van der Waals surface area contributed by atoms with Crippen LogP contribution in [-0.2, 0) is 23.1 Å². The van der Waals surface area contributed by atoms with Gasteiger partial charge in [-0.2, -0.15) is 5.10 Å². The van der Waals surface area contributed by atoms with Crippen LogP contribution >= 0.6 is 0 Å². The molecule has 0 spiro atoms. The van der Waals surface area contributed by atoms with Crippen molar-refractivity contribution < 1.29 is 14.3 Å². The van der Waals surface area contributed by atoms with Crippen LogP contribution in [0.25, 0.3) is 0 Å². The van der Waals surface area contributed by atoms with Gasteiger partial charge >= 0.3 is 5.97 Å². The molecule has 6 heteroatoms. The molecule has 1 rings (SSSR count). The van der Waals surface area contributed by atoms with Crippen LogP contribution in [0.5, 0.6) is 0 Å². The molecule has 0 fully saturated rings. The second-order valence-electron chi connectivity index (χ2n) is 4.49. The third kappa shape index (κ3) is 5.30. The lowest BCUT2D eigenvalue weighted by Gasteiger charge is -2.08. The molecule has 0 saturated carbocycles. The Kier molecular flexibility index (Phi) is 7.91.